The van der Waals surface area contributed by atoms with Crippen molar-refractivity contribution in [2.45, 2.75) is 45.8 Å². The predicted molar refractivity (Wildman–Crippen MR) is 98.7 cm³/mol. The molecule has 1 N–H and O–H groups in total. The van der Waals surface area contributed by atoms with E-state index in [1.165, 1.54) is 22.0 Å². The van der Waals surface area contributed by atoms with E-state index in [9.17, 15) is 4.79 Å². The molecule has 0 radical (unpaired) electrons. The molecule has 0 fully saturated rings. The number of hydrogen-bond acceptors (Lipinski definition) is 3. The van der Waals surface area contributed by atoms with Crippen LogP contribution in [0.1, 0.15) is 33.3 Å². The molecule has 1 atom stereocenters. The van der Waals surface area contributed by atoms with Crippen molar-refractivity contribution < 1.29 is 9.53 Å². The molecule has 0 saturated carbocycles. The summed E-state index contributed by atoms with van der Waals surface area (Å²) in [6.45, 7) is 9.41. The van der Waals surface area contributed by atoms with Crippen LogP contribution in [0.4, 0.5) is 10.5 Å². The largest absolute Gasteiger partial charge is 0.444 e. The van der Waals surface area contributed by atoms with Gasteiger partial charge in [-0.25, -0.2) is 4.79 Å². The number of benzene rings is 2. The molecule has 4 heteroatoms. The molecule has 1 heterocycles. The van der Waals surface area contributed by atoms with Crippen molar-refractivity contribution >= 4 is 22.6 Å². The Bertz CT molecular complexity index is 749. The molecule has 4 nitrogen and oxygen atoms in total. The van der Waals surface area contributed by atoms with Crippen LogP contribution in [0.3, 0.4) is 0 Å². The zero-order chi connectivity index (χ0) is 17.3. The van der Waals surface area contributed by atoms with Crippen LogP contribution in [0.2, 0.25) is 0 Å². The van der Waals surface area contributed by atoms with Gasteiger partial charge in [-0.2, -0.15) is 0 Å². The average Bonchev–Trinajstić information content (AvgIpc) is 2.88. The molecule has 0 saturated heterocycles. The zero-order valence-electron chi connectivity index (χ0n) is 14.9. The molecule has 0 bridgehead atoms. The van der Waals surface area contributed by atoms with E-state index in [1.807, 2.05) is 27.7 Å². The van der Waals surface area contributed by atoms with Crippen molar-refractivity contribution in [1.29, 1.82) is 0 Å². The minimum Gasteiger partial charge on any atom is -0.444 e. The lowest BCUT2D eigenvalue weighted by molar-refractivity contribution is 0.0510. The average molecular weight is 326 g/mol. The normalized spacial score (nSPS) is 15.2. The third-order valence-corrected chi connectivity index (χ3v) is 4.21. The van der Waals surface area contributed by atoms with Gasteiger partial charge in [0.15, 0.2) is 0 Å². The Morgan fingerprint density at radius 3 is 2.75 bits per heavy atom. The number of amides is 1. The predicted octanol–water partition coefficient (Wildman–Crippen LogP) is 4.12. The minimum atomic E-state index is -0.472. The highest BCUT2D eigenvalue weighted by molar-refractivity contribution is 5.97. The Kier molecular flexibility index (Phi) is 4.39. The van der Waals surface area contributed by atoms with Crippen LogP contribution in [-0.2, 0) is 11.2 Å². The summed E-state index contributed by atoms with van der Waals surface area (Å²) < 4.78 is 5.34. The molecule has 24 heavy (non-hydrogen) atoms. The smallest absolute Gasteiger partial charge is 0.407 e. The van der Waals surface area contributed by atoms with Crippen LogP contribution in [0.25, 0.3) is 10.8 Å². The third kappa shape index (κ3) is 3.64. The molecule has 0 spiro atoms. The topological polar surface area (TPSA) is 41.6 Å². The highest BCUT2D eigenvalue weighted by Gasteiger charge is 2.24. The molecule has 3 rings (SSSR count). The summed E-state index contributed by atoms with van der Waals surface area (Å²) in [6, 6.07) is 12.9. The first-order chi connectivity index (χ1) is 11.3. The Hall–Kier alpha value is -2.23. The molecule has 0 unspecified atom stereocenters. The lowest BCUT2D eigenvalue weighted by atomic mass is 10.0. The molecule has 1 aliphatic heterocycles. The second kappa shape index (κ2) is 6.34. The molecule has 0 aromatic heterocycles. The van der Waals surface area contributed by atoms with Crippen LogP contribution >= 0.6 is 0 Å². The monoisotopic (exact) mass is 326 g/mol. The number of anilines is 1. The van der Waals surface area contributed by atoms with Crippen molar-refractivity contribution in [3.63, 3.8) is 0 Å². The Morgan fingerprint density at radius 1 is 1.25 bits per heavy atom. The van der Waals surface area contributed by atoms with Gasteiger partial charge < -0.3 is 15.0 Å². The van der Waals surface area contributed by atoms with E-state index >= 15 is 0 Å². The molecule has 0 aliphatic carbocycles. The summed E-state index contributed by atoms with van der Waals surface area (Å²) in [4.78, 5) is 14.3. The summed E-state index contributed by atoms with van der Waals surface area (Å²) in [7, 11) is 0. The first-order valence-electron chi connectivity index (χ1n) is 8.58. The van der Waals surface area contributed by atoms with Gasteiger partial charge in [-0.1, -0.05) is 36.4 Å². The first kappa shape index (κ1) is 16.6. The SMILES string of the molecule is C[C@@H](CN1CCc2ccc3ccccc3c21)NC(=O)OC(C)(C)C. The van der Waals surface area contributed by atoms with E-state index < -0.39 is 5.60 Å². The number of nitrogens with one attached hydrogen (secondary N) is 1. The Labute approximate surface area is 143 Å². The number of fused-ring (bicyclic) bond motifs is 3. The van der Waals surface area contributed by atoms with Gasteiger partial charge in [-0.05, 0) is 45.1 Å². The third-order valence-electron chi connectivity index (χ3n) is 4.21. The van der Waals surface area contributed by atoms with Gasteiger partial charge in [0.05, 0.1) is 0 Å². The fraction of sp³-hybridized carbons (Fsp3) is 0.450. The number of hydrogen-bond donors (Lipinski definition) is 1. The maximum absolute atomic E-state index is 11.9. The van der Waals surface area contributed by atoms with E-state index in [-0.39, 0.29) is 12.1 Å². The fourth-order valence-electron chi connectivity index (χ4n) is 3.31. The quantitative estimate of drug-likeness (QED) is 0.922. The fourth-order valence-corrected chi connectivity index (χ4v) is 3.31. The number of carbonyl (C=O) groups is 1. The van der Waals surface area contributed by atoms with Crippen LogP contribution in [0.15, 0.2) is 36.4 Å². The second-order valence-corrected chi connectivity index (χ2v) is 7.54. The lowest BCUT2D eigenvalue weighted by Gasteiger charge is -2.27. The molecule has 1 amide bonds. The minimum absolute atomic E-state index is 0.0183. The summed E-state index contributed by atoms with van der Waals surface area (Å²) in [5.41, 5.74) is 2.23. The molecule has 2 aromatic rings. The zero-order valence-corrected chi connectivity index (χ0v) is 14.9. The second-order valence-electron chi connectivity index (χ2n) is 7.54. The van der Waals surface area contributed by atoms with E-state index in [1.54, 1.807) is 0 Å². The standard InChI is InChI=1S/C20H26N2O2/c1-14(21-19(23)24-20(2,3)4)13-22-12-11-16-10-9-15-7-5-6-8-17(15)18(16)22/h5-10,14H,11-13H2,1-4H3,(H,21,23)/t14-/m0/s1. The Morgan fingerprint density at radius 2 is 2.00 bits per heavy atom. The van der Waals surface area contributed by atoms with E-state index in [0.717, 1.165) is 19.5 Å². The van der Waals surface area contributed by atoms with Gasteiger partial charge in [0.25, 0.3) is 0 Å². The van der Waals surface area contributed by atoms with Crippen molar-refractivity contribution in [2.24, 2.45) is 0 Å². The van der Waals surface area contributed by atoms with E-state index in [4.69, 9.17) is 4.74 Å². The molecular weight excluding hydrogens is 300 g/mol. The van der Waals surface area contributed by atoms with Crippen molar-refractivity contribution in [2.75, 3.05) is 18.0 Å². The van der Waals surface area contributed by atoms with Crippen LogP contribution in [0.5, 0.6) is 0 Å². The maximum Gasteiger partial charge on any atom is 0.407 e. The molecule has 128 valence electrons. The molecular formula is C20H26N2O2. The van der Waals surface area contributed by atoms with Crippen LogP contribution in [-0.4, -0.2) is 30.8 Å². The lowest BCUT2D eigenvalue weighted by Crippen LogP contribution is -2.43. The van der Waals surface area contributed by atoms with Gasteiger partial charge in [0.2, 0.25) is 0 Å². The molecule has 2 aromatic carbocycles. The summed E-state index contributed by atoms with van der Waals surface area (Å²) in [5.74, 6) is 0. The van der Waals surface area contributed by atoms with Crippen molar-refractivity contribution in [1.82, 2.24) is 5.32 Å². The number of carbonyl (C=O) groups excluding carboxylic acids is 1. The van der Waals surface area contributed by atoms with Gasteiger partial charge in [0, 0.05) is 30.2 Å². The van der Waals surface area contributed by atoms with Crippen molar-refractivity contribution in [3.05, 3.63) is 42.0 Å². The van der Waals surface area contributed by atoms with Crippen molar-refractivity contribution in [3.8, 4) is 0 Å². The summed E-state index contributed by atoms with van der Waals surface area (Å²) in [6.07, 6.45) is 0.701. The van der Waals surface area contributed by atoms with Gasteiger partial charge in [0.1, 0.15) is 5.60 Å². The number of alkyl carbamates (subject to hydrolysis) is 1. The summed E-state index contributed by atoms with van der Waals surface area (Å²) in [5, 5.41) is 5.49. The van der Waals surface area contributed by atoms with Gasteiger partial charge in [-0.15, -0.1) is 0 Å². The molecule has 1 aliphatic rings. The number of rotatable bonds is 3. The van der Waals surface area contributed by atoms with Crippen LogP contribution < -0.4 is 10.2 Å². The van der Waals surface area contributed by atoms with Gasteiger partial charge in [-0.3, -0.25) is 0 Å². The number of nitrogens with zero attached hydrogens (tertiary/aromatic N) is 1. The van der Waals surface area contributed by atoms with Crippen LogP contribution in [0, 0.1) is 0 Å². The summed E-state index contributed by atoms with van der Waals surface area (Å²) >= 11 is 0. The Balaban J connectivity index is 1.72. The first-order valence-corrected chi connectivity index (χ1v) is 8.58. The number of ether oxygens (including phenoxy) is 1. The maximum atomic E-state index is 11.9. The van der Waals surface area contributed by atoms with E-state index in [2.05, 4.69) is 46.6 Å². The highest BCUT2D eigenvalue weighted by Crippen LogP contribution is 2.35. The van der Waals surface area contributed by atoms with E-state index in [0.29, 0.717) is 0 Å². The van der Waals surface area contributed by atoms with Gasteiger partial charge >= 0.3 is 6.09 Å². The highest BCUT2D eigenvalue weighted by atomic mass is 16.6.